The van der Waals surface area contributed by atoms with E-state index in [-0.39, 0.29) is 0 Å². The van der Waals surface area contributed by atoms with Crippen LogP contribution in [-0.4, -0.2) is 9.97 Å². The summed E-state index contributed by atoms with van der Waals surface area (Å²) in [6.45, 7) is 0. The van der Waals surface area contributed by atoms with Crippen molar-refractivity contribution in [1.29, 1.82) is 0 Å². The zero-order chi connectivity index (χ0) is 40.0. The van der Waals surface area contributed by atoms with Gasteiger partial charge in [0, 0.05) is 26.3 Å². The maximum Gasteiger partial charge on any atom is 0.160 e. The largest absolute Gasteiger partial charge is 0.228 e. The minimum Gasteiger partial charge on any atom is -0.228 e. The molecular weight excluding hydrogens is 757 g/mol. The molecular formula is C58H34N2S. The van der Waals surface area contributed by atoms with Gasteiger partial charge in [0.25, 0.3) is 0 Å². The lowest BCUT2D eigenvalue weighted by Gasteiger charge is -2.18. The average molecular weight is 791 g/mol. The molecule has 11 aromatic carbocycles. The first-order valence-corrected chi connectivity index (χ1v) is 21.6. The molecule has 0 aliphatic heterocycles. The van der Waals surface area contributed by atoms with Gasteiger partial charge in [-0.3, -0.25) is 0 Å². The number of rotatable bonds is 5. The molecule has 61 heavy (non-hydrogen) atoms. The molecule has 13 rings (SSSR count). The molecule has 2 aromatic heterocycles. The molecule has 0 fully saturated rings. The SMILES string of the molecule is c1ccc(-c2nc(-c3ccc(-c4cc5ccccc5s4)cc3)cc(-c3ccccc3-c3cc4ccc5cccc6c7cccc8ccc9cccc(c(c3)c4c56)c9c87)n2)cc1. The summed E-state index contributed by atoms with van der Waals surface area (Å²) in [6, 6.07) is 75.3. The standard InChI is InChI=1S/C58H34N2S/c1-2-11-40(12-3-1)58-59-50(35-23-25-36(26-24-35)53-33-41-13-4-7-22-52(41)61-53)34-51(60-58)45-18-6-5-17-44(45)43-31-42-30-29-39-15-9-20-47-46-19-8-14-37-27-28-38-16-10-21-48(56(38)54(37)46)49(32-43)57(42)55(39)47/h1-34H. The zero-order valence-corrected chi connectivity index (χ0v) is 33.7. The first-order valence-electron chi connectivity index (χ1n) is 20.8. The molecule has 3 heteroatoms. The number of aromatic nitrogens is 2. The van der Waals surface area contributed by atoms with E-state index in [9.17, 15) is 0 Å². The Morgan fingerprint density at radius 3 is 1.52 bits per heavy atom. The molecule has 0 N–H and O–H groups in total. The Morgan fingerprint density at radius 2 is 0.836 bits per heavy atom. The van der Waals surface area contributed by atoms with Crippen LogP contribution in [0.15, 0.2) is 206 Å². The number of hydrogen-bond donors (Lipinski definition) is 0. The van der Waals surface area contributed by atoms with E-state index in [0.29, 0.717) is 5.82 Å². The van der Waals surface area contributed by atoms with Gasteiger partial charge in [-0.15, -0.1) is 11.3 Å². The molecule has 0 saturated carbocycles. The average Bonchev–Trinajstić information content (AvgIpc) is 3.77. The zero-order valence-electron chi connectivity index (χ0n) is 32.9. The van der Waals surface area contributed by atoms with Crippen LogP contribution in [0.25, 0.3) is 130 Å². The summed E-state index contributed by atoms with van der Waals surface area (Å²) in [4.78, 5) is 11.8. The molecule has 0 saturated heterocycles. The van der Waals surface area contributed by atoms with Crippen LogP contribution in [0.4, 0.5) is 0 Å². The molecule has 282 valence electrons. The number of hydrogen-bond acceptors (Lipinski definition) is 3. The molecule has 2 heterocycles. The smallest absolute Gasteiger partial charge is 0.160 e. The van der Waals surface area contributed by atoms with Gasteiger partial charge in [0.1, 0.15) is 0 Å². The fraction of sp³-hybridized carbons (Fsp3) is 0. The summed E-state index contributed by atoms with van der Waals surface area (Å²) in [6.07, 6.45) is 0. The summed E-state index contributed by atoms with van der Waals surface area (Å²) in [5.74, 6) is 0.704. The Balaban J connectivity index is 1.04. The number of fused-ring (bicyclic) bond motifs is 3. The van der Waals surface area contributed by atoms with Gasteiger partial charge >= 0.3 is 0 Å². The van der Waals surface area contributed by atoms with E-state index in [1.165, 1.54) is 85.2 Å². The Kier molecular flexibility index (Phi) is 7.51. The number of benzene rings is 10. The Morgan fingerprint density at radius 1 is 0.295 bits per heavy atom. The highest BCUT2D eigenvalue weighted by Crippen LogP contribution is 2.45. The molecule has 0 spiro atoms. The molecule has 2 nitrogen and oxygen atoms in total. The van der Waals surface area contributed by atoms with Crippen molar-refractivity contribution < 1.29 is 0 Å². The highest BCUT2D eigenvalue weighted by atomic mass is 32.1. The van der Waals surface area contributed by atoms with E-state index in [2.05, 4.69) is 200 Å². The lowest BCUT2D eigenvalue weighted by Crippen LogP contribution is -1.97. The molecule has 0 amide bonds. The normalized spacial score (nSPS) is 11.9. The van der Waals surface area contributed by atoms with Crippen molar-refractivity contribution in [2.24, 2.45) is 0 Å². The van der Waals surface area contributed by atoms with Gasteiger partial charge in [-0.05, 0) is 117 Å². The second-order valence-electron chi connectivity index (χ2n) is 16.1. The summed E-state index contributed by atoms with van der Waals surface area (Å²) >= 11 is 1.83. The van der Waals surface area contributed by atoms with Gasteiger partial charge in [-0.25, -0.2) is 9.97 Å². The Labute approximate surface area is 356 Å². The quantitative estimate of drug-likeness (QED) is 0.162. The minimum absolute atomic E-state index is 0.704. The molecule has 0 radical (unpaired) electrons. The second kappa shape index (κ2) is 13.4. The van der Waals surface area contributed by atoms with E-state index in [1.54, 1.807) is 0 Å². The van der Waals surface area contributed by atoms with Gasteiger partial charge < -0.3 is 0 Å². The molecule has 0 bridgehead atoms. The summed E-state index contributed by atoms with van der Waals surface area (Å²) in [5.41, 5.74) is 8.36. The van der Waals surface area contributed by atoms with Crippen molar-refractivity contribution in [3.05, 3.63) is 206 Å². The number of thiophene rings is 1. The van der Waals surface area contributed by atoms with Crippen LogP contribution >= 0.6 is 11.3 Å². The molecule has 13 aromatic rings. The lowest BCUT2D eigenvalue weighted by atomic mass is 9.86. The summed E-state index contributed by atoms with van der Waals surface area (Å²) in [5, 5.41) is 16.6. The fourth-order valence-electron chi connectivity index (χ4n) is 9.78. The predicted octanol–water partition coefficient (Wildman–Crippen LogP) is 16.4. The molecule has 0 unspecified atom stereocenters. The van der Waals surface area contributed by atoms with Crippen molar-refractivity contribution in [2.45, 2.75) is 0 Å². The third kappa shape index (κ3) is 5.41. The van der Waals surface area contributed by atoms with Crippen LogP contribution in [-0.2, 0) is 0 Å². The van der Waals surface area contributed by atoms with Crippen molar-refractivity contribution in [3.63, 3.8) is 0 Å². The first kappa shape index (κ1) is 34.2. The van der Waals surface area contributed by atoms with Crippen molar-refractivity contribution in [3.8, 4) is 55.5 Å². The molecule has 0 atom stereocenters. The van der Waals surface area contributed by atoms with Crippen molar-refractivity contribution in [1.82, 2.24) is 9.97 Å². The predicted molar refractivity (Wildman–Crippen MR) is 261 cm³/mol. The summed E-state index contributed by atoms with van der Waals surface area (Å²) < 4.78 is 1.30. The topological polar surface area (TPSA) is 25.8 Å². The van der Waals surface area contributed by atoms with Crippen molar-refractivity contribution in [2.75, 3.05) is 0 Å². The second-order valence-corrected chi connectivity index (χ2v) is 17.1. The van der Waals surface area contributed by atoms with Crippen LogP contribution in [0.2, 0.25) is 0 Å². The highest BCUT2D eigenvalue weighted by molar-refractivity contribution is 7.22. The van der Waals surface area contributed by atoms with E-state index in [0.717, 1.165) is 39.2 Å². The summed E-state index contributed by atoms with van der Waals surface area (Å²) in [7, 11) is 0. The van der Waals surface area contributed by atoms with E-state index in [4.69, 9.17) is 9.97 Å². The maximum atomic E-state index is 5.33. The van der Waals surface area contributed by atoms with Gasteiger partial charge in [-0.2, -0.15) is 0 Å². The van der Waals surface area contributed by atoms with Gasteiger partial charge in [0.15, 0.2) is 5.82 Å². The van der Waals surface area contributed by atoms with Crippen LogP contribution in [0.1, 0.15) is 0 Å². The van der Waals surface area contributed by atoms with Crippen LogP contribution in [0.5, 0.6) is 0 Å². The third-order valence-corrected chi connectivity index (χ3v) is 13.8. The van der Waals surface area contributed by atoms with Gasteiger partial charge in [-0.1, -0.05) is 176 Å². The molecule has 0 aliphatic carbocycles. The minimum atomic E-state index is 0.704. The van der Waals surface area contributed by atoms with Crippen LogP contribution in [0.3, 0.4) is 0 Å². The van der Waals surface area contributed by atoms with E-state index >= 15 is 0 Å². The lowest BCUT2D eigenvalue weighted by molar-refractivity contribution is 1.18. The fourth-order valence-corrected chi connectivity index (χ4v) is 10.8. The Bertz CT molecular complexity index is 3830. The monoisotopic (exact) mass is 790 g/mol. The Hall–Kier alpha value is -7.72. The van der Waals surface area contributed by atoms with E-state index in [1.807, 2.05) is 17.4 Å². The van der Waals surface area contributed by atoms with Gasteiger partial charge in [0.2, 0.25) is 0 Å². The molecule has 0 aliphatic rings. The third-order valence-electron chi connectivity index (χ3n) is 12.6. The first-order chi connectivity index (χ1) is 30.2. The van der Waals surface area contributed by atoms with E-state index < -0.39 is 0 Å². The van der Waals surface area contributed by atoms with Crippen LogP contribution < -0.4 is 0 Å². The van der Waals surface area contributed by atoms with Crippen LogP contribution in [0, 0.1) is 0 Å². The highest BCUT2D eigenvalue weighted by Gasteiger charge is 2.19. The maximum absolute atomic E-state index is 5.33. The number of nitrogens with zero attached hydrogens (tertiary/aromatic N) is 2. The van der Waals surface area contributed by atoms with Crippen molar-refractivity contribution >= 4 is 86.1 Å². The van der Waals surface area contributed by atoms with Gasteiger partial charge in [0.05, 0.1) is 11.4 Å².